The lowest BCUT2D eigenvalue weighted by Gasteiger charge is -2.33. The summed E-state index contributed by atoms with van der Waals surface area (Å²) in [6, 6.07) is 15.2. The molecule has 1 heterocycles. The van der Waals surface area contributed by atoms with E-state index in [1.165, 1.54) is 16.8 Å². The molecule has 1 N–H and O–H groups in total. The van der Waals surface area contributed by atoms with Gasteiger partial charge in [-0.05, 0) is 55.7 Å². The van der Waals surface area contributed by atoms with Crippen LogP contribution in [0, 0.1) is 6.92 Å². The van der Waals surface area contributed by atoms with Gasteiger partial charge in [-0.1, -0.05) is 12.1 Å². The van der Waals surface area contributed by atoms with E-state index in [1.807, 2.05) is 12.1 Å². The van der Waals surface area contributed by atoms with Gasteiger partial charge in [-0.3, -0.25) is 4.90 Å². The molecule has 0 unspecified atom stereocenters. The summed E-state index contributed by atoms with van der Waals surface area (Å²) in [5.41, 5.74) is 3.72. The van der Waals surface area contributed by atoms with E-state index in [2.05, 4.69) is 47.5 Å². The predicted molar refractivity (Wildman–Crippen MR) is 103 cm³/mol. The van der Waals surface area contributed by atoms with Gasteiger partial charge in [0.05, 0.1) is 14.2 Å². The molecular formula is C21H28N2O2. The summed E-state index contributed by atoms with van der Waals surface area (Å²) in [6.07, 6.45) is 2.31. The number of aryl methyl sites for hydroxylation is 1. The fourth-order valence-corrected chi connectivity index (χ4v) is 3.45. The van der Waals surface area contributed by atoms with Gasteiger partial charge >= 0.3 is 0 Å². The van der Waals surface area contributed by atoms with Crippen molar-refractivity contribution in [1.82, 2.24) is 4.90 Å². The Morgan fingerprint density at radius 1 is 1.04 bits per heavy atom. The topological polar surface area (TPSA) is 33.7 Å². The first kappa shape index (κ1) is 17.6. The Morgan fingerprint density at radius 2 is 1.84 bits per heavy atom. The highest BCUT2D eigenvalue weighted by molar-refractivity contribution is 5.46. The van der Waals surface area contributed by atoms with Crippen LogP contribution in [0.3, 0.4) is 0 Å². The lowest BCUT2D eigenvalue weighted by molar-refractivity contribution is 0.208. The van der Waals surface area contributed by atoms with Crippen molar-refractivity contribution in [2.75, 3.05) is 32.6 Å². The second kappa shape index (κ2) is 8.26. The number of hydrogen-bond acceptors (Lipinski definition) is 4. The summed E-state index contributed by atoms with van der Waals surface area (Å²) in [7, 11) is 3.43. The number of nitrogens with one attached hydrogen (secondary N) is 1. The molecule has 134 valence electrons. The van der Waals surface area contributed by atoms with E-state index in [0.717, 1.165) is 44.0 Å². The lowest BCUT2D eigenvalue weighted by Crippen LogP contribution is -2.38. The quantitative estimate of drug-likeness (QED) is 0.859. The number of anilines is 1. The molecule has 1 saturated heterocycles. The summed E-state index contributed by atoms with van der Waals surface area (Å²) in [4.78, 5) is 2.49. The van der Waals surface area contributed by atoms with E-state index in [1.54, 1.807) is 14.2 Å². The van der Waals surface area contributed by atoms with E-state index in [9.17, 15) is 0 Å². The van der Waals surface area contributed by atoms with Gasteiger partial charge < -0.3 is 14.8 Å². The van der Waals surface area contributed by atoms with Crippen LogP contribution in [0.1, 0.15) is 24.0 Å². The normalized spacial score (nSPS) is 15.8. The van der Waals surface area contributed by atoms with Gasteiger partial charge in [0.15, 0.2) is 0 Å². The molecule has 1 fully saturated rings. The van der Waals surface area contributed by atoms with Crippen molar-refractivity contribution in [3.05, 3.63) is 53.6 Å². The molecule has 0 atom stereocenters. The third-order valence-electron chi connectivity index (χ3n) is 4.86. The molecule has 2 aromatic rings. The van der Waals surface area contributed by atoms with Crippen molar-refractivity contribution in [2.24, 2.45) is 0 Å². The van der Waals surface area contributed by atoms with Crippen molar-refractivity contribution >= 4 is 5.69 Å². The molecule has 0 amide bonds. The van der Waals surface area contributed by atoms with Crippen LogP contribution < -0.4 is 14.8 Å². The van der Waals surface area contributed by atoms with Crippen molar-refractivity contribution in [1.29, 1.82) is 0 Å². The monoisotopic (exact) mass is 340 g/mol. The smallest absolute Gasteiger partial charge is 0.123 e. The minimum Gasteiger partial charge on any atom is -0.497 e. The van der Waals surface area contributed by atoms with Gasteiger partial charge in [-0.2, -0.15) is 0 Å². The van der Waals surface area contributed by atoms with Crippen molar-refractivity contribution in [2.45, 2.75) is 32.4 Å². The van der Waals surface area contributed by atoms with Gasteiger partial charge in [0, 0.05) is 36.9 Å². The second-order valence-corrected chi connectivity index (χ2v) is 6.74. The highest BCUT2D eigenvalue weighted by Crippen LogP contribution is 2.27. The first-order chi connectivity index (χ1) is 12.2. The van der Waals surface area contributed by atoms with Crippen molar-refractivity contribution < 1.29 is 9.47 Å². The Labute approximate surface area is 150 Å². The Kier molecular flexibility index (Phi) is 5.82. The molecule has 0 saturated carbocycles. The fourth-order valence-electron chi connectivity index (χ4n) is 3.45. The zero-order valence-corrected chi connectivity index (χ0v) is 15.4. The molecule has 0 aliphatic carbocycles. The van der Waals surface area contributed by atoms with E-state index in [-0.39, 0.29) is 0 Å². The van der Waals surface area contributed by atoms with E-state index < -0.39 is 0 Å². The van der Waals surface area contributed by atoms with E-state index >= 15 is 0 Å². The largest absolute Gasteiger partial charge is 0.497 e. The van der Waals surface area contributed by atoms with Crippen LogP contribution in [-0.4, -0.2) is 38.3 Å². The van der Waals surface area contributed by atoms with Crippen LogP contribution in [0.25, 0.3) is 0 Å². The number of hydrogen-bond donors (Lipinski definition) is 1. The zero-order valence-electron chi connectivity index (χ0n) is 15.4. The molecule has 4 nitrogen and oxygen atoms in total. The molecule has 1 aliphatic heterocycles. The van der Waals surface area contributed by atoms with Crippen LogP contribution >= 0.6 is 0 Å². The Hall–Kier alpha value is -2.20. The molecule has 4 heteroatoms. The Morgan fingerprint density at radius 3 is 2.52 bits per heavy atom. The highest BCUT2D eigenvalue weighted by atomic mass is 16.5. The van der Waals surface area contributed by atoms with Crippen LogP contribution in [0.4, 0.5) is 5.69 Å². The summed E-state index contributed by atoms with van der Waals surface area (Å²) in [5.74, 6) is 1.81. The molecule has 3 rings (SSSR count). The molecule has 2 aromatic carbocycles. The average molecular weight is 340 g/mol. The number of methoxy groups -OCH3 is 2. The minimum absolute atomic E-state index is 0.547. The summed E-state index contributed by atoms with van der Waals surface area (Å²) < 4.78 is 10.9. The van der Waals surface area contributed by atoms with Crippen LogP contribution in [0.5, 0.6) is 11.5 Å². The summed E-state index contributed by atoms with van der Waals surface area (Å²) in [6.45, 7) is 5.21. The standard InChI is InChI=1S/C21H28N2O2/c1-16-5-4-6-19(13-16)22-18-9-11-23(12-10-18)15-17-14-20(24-2)7-8-21(17)25-3/h4-8,13-14,18,22H,9-12,15H2,1-3H3. The number of nitrogens with zero attached hydrogens (tertiary/aromatic N) is 1. The van der Waals surface area contributed by atoms with Gasteiger partial charge in [0.25, 0.3) is 0 Å². The summed E-state index contributed by atoms with van der Waals surface area (Å²) in [5, 5.41) is 3.68. The molecule has 1 aliphatic rings. The average Bonchev–Trinajstić information content (AvgIpc) is 2.63. The van der Waals surface area contributed by atoms with E-state index in [0.29, 0.717) is 6.04 Å². The second-order valence-electron chi connectivity index (χ2n) is 6.74. The number of ether oxygens (including phenoxy) is 2. The molecule has 0 radical (unpaired) electrons. The molecule has 0 bridgehead atoms. The molecule has 0 spiro atoms. The van der Waals surface area contributed by atoms with Crippen LogP contribution in [0.15, 0.2) is 42.5 Å². The SMILES string of the molecule is COc1ccc(OC)c(CN2CCC(Nc3cccc(C)c3)CC2)c1. The van der Waals surface area contributed by atoms with Crippen LogP contribution in [-0.2, 0) is 6.54 Å². The van der Waals surface area contributed by atoms with Crippen molar-refractivity contribution in [3.8, 4) is 11.5 Å². The van der Waals surface area contributed by atoms with Crippen molar-refractivity contribution in [3.63, 3.8) is 0 Å². The van der Waals surface area contributed by atoms with Gasteiger partial charge in [0.2, 0.25) is 0 Å². The third kappa shape index (κ3) is 4.67. The maximum Gasteiger partial charge on any atom is 0.123 e. The van der Waals surface area contributed by atoms with Gasteiger partial charge in [-0.15, -0.1) is 0 Å². The first-order valence-corrected chi connectivity index (χ1v) is 8.94. The van der Waals surface area contributed by atoms with Crippen LogP contribution in [0.2, 0.25) is 0 Å². The highest BCUT2D eigenvalue weighted by Gasteiger charge is 2.20. The summed E-state index contributed by atoms with van der Waals surface area (Å²) >= 11 is 0. The number of rotatable bonds is 6. The van der Waals surface area contributed by atoms with Gasteiger partial charge in [0.1, 0.15) is 11.5 Å². The van der Waals surface area contributed by atoms with Gasteiger partial charge in [-0.25, -0.2) is 0 Å². The predicted octanol–water partition coefficient (Wildman–Crippen LogP) is 4.09. The molecule has 0 aromatic heterocycles. The molecular weight excluding hydrogens is 312 g/mol. The maximum atomic E-state index is 5.50. The molecule has 25 heavy (non-hydrogen) atoms. The Bertz CT molecular complexity index is 694. The Balaban J connectivity index is 1.56. The number of piperidine rings is 1. The first-order valence-electron chi connectivity index (χ1n) is 8.94. The number of benzene rings is 2. The number of likely N-dealkylation sites (tertiary alicyclic amines) is 1. The third-order valence-corrected chi connectivity index (χ3v) is 4.86. The lowest BCUT2D eigenvalue weighted by atomic mass is 10.0. The minimum atomic E-state index is 0.547. The zero-order chi connectivity index (χ0) is 17.6. The fraction of sp³-hybridized carbons (Fsp3) is 0.429. The maximum absolute atomic E-state index is 5.50. The van der Waals surface area contributed by atoms with E-state index in [4.69, 9.17) is 9.47 Å².